The Hall–Kier alpha value is -7.42. The maximum Gasteiger partial charge on any atom is 0.160 e. The summed E-state index contributed by atoms with van der Waals surface area (Å²) < 4.78 is 0. The molecule has 0 amide bonds. The Kier molecular flexibility index (Phi) is 8.50. The zero-order valence-electron chi connectivity index (χ0n) is 36.9. The van der Waals surface area contributed by atoms with Gasteiger partial charge in [0.05, 0.1) is 11.4 Å². The molecule has 1 aromatic heterocycles. The highest BCUT2D eigenvalue weighted by Crippen LogP contribution is 2.70. The summed E-state index contributed by atoms with van der Waals surface area (Å²) in [6.45, 7) is 0. The first-order valence-corrected chi connectivity index (χ1v) is 24.1. The summed E-state index contributed by atoms with van der Waals surface area (Å²) in [4.78, 5) is 10.5. The monoisotopic (exact) mass is 844 g/mol. The van der Waals surface area contributed by atoms with E-state index in [-0.39, 0.29) is 5.41 Å². The molecule has 4 bridgehead atoms. The molecule has 66 heavy (non-hydrogen) atoms. The van der Waals surface area contributed by atoms with Crippen molar-refractivity contribution in [2.24, 2.45) is 23.7 Å². The average Bonchev–Trinajstić information content (AvgIpc) is 3.66. The molecule has 0 saturated heterocycles. The summed E-state index contributed by atoms with van der Waals surface area (Å²) >= 11 is 0. The molecule has 0 radical (unpaired) electrons. The van der Waals surface area contributed by atoms with E-state index in [0.717, 1.165) is 63.1 Å². The van der Waals surface area contributed by atoms with Gasteiger partial charge in [-0.3, -0.25) is 0 Å². The SMILES string of the molecule is c1ccc(-c2cccc(-c3cc(-c4ccc(-c5ccc(-c6cccc7c6-c6cc8ccccc8cc6C76C7CC8CC(C7)CC6C8)cc5)c5ccccc45)nc(-c4ccccc4)n3)c2)cc1. The largest absolute Gasteiger partial charge is 0.228 e. The van der Waals surface area contributed by atoms with Crippen LogP contribution in [0, 0.1) is 23.7 Å². The third-order valence-electron chi connectivity index (χ3n) is 16.3. The van der Waals surface area contributed by atoms with Gasteiger partial charge in [0, 0.05) is 22.1 Å². The molecule has 1 heterocycles. The van der Waals surface area contributed by atoms with Crippen LogP contribution in [0.3, 0.4) is 0 Å². The number of rotatable bonds is 6. The van der Waals surface area contributed by atoms with Crippen LogP contribution in [0.15, 0.2) is 206 Å². The number of nitrogens with zero attached hydrogens (tertiary/aromatic N) is 2. The summed E-state index contributed by atoms with van der Waals surface area (Å²) in [5.41, 5.74) is 18.7. The molecule has 4 saturated carbocycles. The van der Waals surface area contributed by atoms with Gasteiger partial charge >= 0.3 is 0 Å². The van der Waals surface area contributed by atoms with Crippen molar-refractivity contribution in [3.63, 3.8) is 0 Å². The van der Waals surface area contributed by atoms with E-state index in [1.807, 2.05) is 6.07 Å². The average molecular weight is 845 g/mol. The van der Waals surface area contributed by atoms with Crippen LogP contribution in [0.5, 0.6) is 0 Å². The fourth-order valence-electron chi connectivity index (χ4n) is 13.7. The lowest BCUT2D eigenvalue weighted by atomic mass is 9.43. The quantitative estimate of drug-likeness (QED) is 0.167. The van der Waals surface area contributed by atoms with Crippen molar-refractivity contribution < 1.29 is 0 Å². The Morgan fingerprint density at radius 3 is 1.62 bits per heavy atom. The minimum absolute atomic E-state index is 0.122. The number of hydrogen-bond donors (Lipinski definition) is 0. The van der Waals surface area contributed by atoms with Crippen LogP contribution < -0.4 is 0 Å². The van der Waals surface area contributed by atoms with E-state index >= 15 is 0 Å². The second kappa shape index (κ2) is 14.8. The van der Waals surface area contributed by atoms with Gasteiger partial charge in [0.1, 0.15) is 0 Å². The molecule has 15 rings (SSSR count). The molecular formula is C64H48N2. The van der Waals surface area contributed by atoms with E-state index in [4.69, 9.17) is 9.97 Å². The van der Waals surface area contributed by atoms with Crippen LogP contribution in [0.25, 0.3) is 100.0 Å². The van der Waals surface area contributed by atoms with Gasteiger partial charge in [0.2, 0.25) is 0 Å². The van der Waals surface area contributed by atoms with Crippen molar-refractivity contribution in [1.29, 1.82) is 0 Å². The Bertz CT molecular complexity index is 3500. The zero-order valence-corrected chi connectivity index (χ0v) is 36.9. The van der Waals surface area contributed by atoms with E-state index < -0.39 is 0 Å². The number of benzene rings is 9. The van der Waals surface area contributed by atoms with Gasteiger partial charge in [0.15, 0.2) is 5.82 Å². The number of hydrogen-bond acceptors (Lipinski definition) is 2. The molecule has 2 heteroatoms. The molecule has 0 unspecified atom stereocenters. The minimum atomic E-state index is 0.122. The highest BCUT2D eigenvalue weighted by molar-refractivity contribution is 6.05. The highest BCUT2D eigenvalue weighted by Gasteiger charge is 2.61. The van der Waals surface area contributed by atoms with E-state index in [9.17, 15) is 0 Å². The van der Waals surface area contributed by atoms with Crippen LogP contribution in [-0.4, -0.2) is 9.97 Å². The normalized spacial score (nSPS) is 21.1. The van der Waals surface area contributed by atoms with E-state index in [0.29, 0.717) is 0 Å². The van der Waals surface area contributed by atoms with Crippen molar-refractivity contribution in [3.8, 4) is 78.4 Å². The lowest BCUT2D eigenvalue weighted by Gasteiger charge is -2.61. The standard InChI is InChI=1S/C64H48N2/c1-3-13-42(14-4-1)46-19-11-20-49(36-46)60-39-61(66-63(65-60)45-15-5-2-6-16-45)56-30-29-52(54-21-9-10-22-55(54)56)43-25-27-44(28-26-43)53-23-12-24-58-62(53)57-37-47-17-7-8-18-48(47)38-59(57)64(58)50-32-40-31-41(34-50)35-51(64)33-40/h1-30,36-41,50-51H,31-35H2. The number of fused-ring (bicyclic) bond motifs is 5. The molecule has 314 valence electrons. The summed E-state index contributed by atoms with van der Waals surface area (Å²) in [7, 11) is 0. The second-order valence-electron chi connectivity index (χ2n) is 19.7. The summed E-state index contributed by atoms with van der Waals surface area (Å²) in [6, 6.07) is 76.1. The smallest absolute Gasteiger partial charge is 0.160 e. The number of aromatic nitrogens is 2. The van der Waals surface area contributed by atoms with E-state index in [1.165, 1.54) is 92.6 Å². The van der Waals surface area contributed by atoms with Gasteiger partial charge in [-0.1, -0.05) is 182 Å². The predicted octanol–water partition coefficient (Wildman–Crippen LogP) is 16.5. The second-order valence-corrected chi connectivity index (χ2v) is 19.7. The molecule has 0 atom stereocenters. The van der Waals surface area contributed by atoms with Crippen LogP contribution in [0.1, 0.15) is 43.2 Å². The molecule has 5 aliphatic rings. The maximum absolute atomic E-state index is 5.28. The molecule has 2 nitrogen and oxygen atoms in total. The van der Waals surface area contributed by atoms with Crippen molar-refractivity contribution >= 4 is 21.5 Å². The van der Waals surface area contributed by atoms with E-state index in [2.05, 4.69) is 200 Å². The first-order chi connectivity index (χ1) is 32.7. The van der Waals surface area contributed by atoms with Gasteiger partial charge in [-0.05, 0) is 157 Å². The van der Waals surface area contributed by atoms with Gasteiger partial charge in [-0.2, -0.15) is 0 Å². The predicted molar refractivity (Wildman–Crippen MR) is 273 cm³/mol. The molecule has 0 N–H and O–H groups in total. The first kappa shape index (κ1) is 37.9. The summed E-state index contributed by atoms with van der Waals surface area (Å²) in [5, 5.41) is 5.11. The zero-order chi connectivity index (χ0) is 43.3. The molecule has 0 aliphatic heterocycles. The fourth-order valence-corrected chi connectivity index (χ4v) is 13.7. The first-order valence-electron chi connectivity index (χ1n) is 24.1. The third-order valence-corrected chi connectivity index (χ3v) is 16.3. The van der Waals surface area contributed by atoms with Crippen molar-refractivity contribution in [2.45, 2.75) is 37.5 Å². The summed E-state index contributed by atoms with van der Waals surface area (Å²) in [6.07, 6.45) is 7.02. The lowest BCUT2D eigenvalue weighted by Crippen LogP contribution is -2.55. The molecule has 5 aliphatic carbocycles. The molecule has 1 spiro atoms. The lowest BCUT2D eigenvalue weighted by molar-refractivity contribution is -0.0398. The summed E-state index contributed by atoms with van der Waals surface area (Å²) in [5.74, 6) is 4.01. The molecule has 10 aromatic rings. The van der Waals surface area contributed by atoms with Gasteiger partial charge in [-0.25, -0.2) is 9.97 Å². The Labute approximate surface area is 386 Å². The van der Waals surface area contributed by atoms with Gasteiger partial charge in [-0.15, -0.1) is 0 Å². The van der Waals surface area contributed by atoms with Crippen LogP contribution >= 0.6 is 0 Å². The molecular weight excluding hydrogens is 797 g/mol. The maximum atomic E-state index is 5.28. The van der Waals surface area contributed by atoms with Crippen molar-refractivity contribution in [2.75, 3.05) is 0 Å². The Morgan fingerprint density at radius 1 is 0.333 bits per heavy atom. The van der Waals surface area contributed by atoms with Gasteiger partial charge < -0.3 is 0 Å². The fraction of sp³-hybridized carbons (Fsp3) is 0.156. The topological polar surface area (TPSA) is 25.8 Å². The third kappa shape index (κ3) is 5.80. The van der Waals surface area contributed by atoms with Crippen LogP contribution in [-0.2, 0) is 5.41 Å². The molecule has 4 fully saturated rings. The highest BCUT2D eigenvalue weighted by atomic mass is 14.9. The minimum Gasteiger partial charge on any atom is -0.228 e. The van der Waals surface area contributed by atoms with Crippen molar-refractivity contribution in [1.82, 2.24) is 9.97 Å². The Morgan fingerprint density at radius 2 is 0.894 bits per heavy atom. The Balaban J connectivity index is 0.872. The van der Waals surface area contributed by atoms with Gasteiger partial charge in [0.25, 0.3) is 0 Å². The van der Waals surface area contributed by atoms with Crippen LogP contribution in [0.4, 0.5) is 0 Å². The van der Waals surface area contributed by atoms with Crippen LogP contribution in [0.2, 0.25) is 0 Å². The molecule has 9 aromatic carbocycles. The van der Waals surface area contributed by atoms with E-state index in [1.54, 1.807) is 11.1 Å². The van der Waals surface area contributed by atoms with Crippen molar-refractivity contribution in [3.05, 3.63) is 217 Å².